The number of thiophene rings is 1. The number of aromatic nitrogens is 3. The van der Waals surface area contributed by atoms with Crippen molar-refractivity contribution in [3.63, 3.8) is 0 Å². The number of nitrogens with zero attached hydrogens (tertiary/aromatic N) is 3. The number of anilines is 1. The molecule has 4 rings (SSSR count). The molecule has 0 saturated heterocycles. The Kier molecular flexibility index (Phi) is 3.87. The second-order valence-corrected chi connectivity index (χ2v) is 6.68. The van der Waals surface area contributed by atoms with E-state index in [9.17, 15) is 4.39 Å². The summed E-state index contributed by atoms with van der Waals surface area (Å²) in [4.78, 5) is 9.73. The van der Waals surface area contributed by atoms with Crippen LogP contribution in [0.25, 0.3) is 21.8 Å². The molecule has 0 radical (unpaired) electrons. The van der Waals surface area contributed by atoms with Gasteiger partial charge >= 0.3 is 0 Å². The van der Waals surface area contributed by atoms with Crippen molar-refractivity contribution in [3.05, 3.63) is 58.3 Å². The van der Waals surface area contributed by atoms with Crippen LogP contribution < -0.4 is 5.32 Å². The van der Waals surface area contributed by atoms with Gasteiger partial charge in [0.25, 0.3) is 0 Å². The fraction of sp³-hybridized carbons (Fsp3) is 0.0625. The van der Waals surface area contributed by atoms with Gasteiger partial charge in [-0.2, -0.15) is 0 Å². The first-order valence-corrected chi connectivity index (χ1v) is 8.25. The average Bonchev–Trinajstić information content (AvgIpc) is 3.22. The van der Waals surface area contributed by atoms with Crippen LogP contribution in [0.1, 0.15) is 5.56 Å². The lowest BCUT2D eigenvalue weighted by Crippen LogP contribution is -2.03. The summed E-state index contributed by atoms with van der Waals surface area (Å²) in [6.07, 6.45) is 1.54. The van der Waals surface area contributed by atoms with Crippen LogP contribution in [0.15, 0.2) is 47.1 Å². The van der Waals surface area contributed by atoms with Gasteiger partial charge in [-0.25, -0.2) is 14.4 Å². The van der Waals surface area contributed by atoms with E-state index in [0.717, 1.165) is 15.8 Å². The first-order valence-electron chi connectivity index (χ1n) is 7.05. The molecular formula is C16H10ClFN4OS. The number of halogens is 2. The van der Waals surface area contributed by atoms with Crippen LogP contribution in [-0.4, -0.2) is 15.1 Å². The Morgan fingerprint density at radius 3 is 2.75 bits per heavy atom. The lowest BCUT2D eigenvalue weighted by molar-refractivity contribution is 0.430. The van der Waals surface area contributed by atoms with E-state index in [0.29, 0.717) is 28.3 Å². The molecule has 8 heteroatoms. The Morgan fingerprint density at radius 1 is 1.17 bits per heavy atom. The fourth-order valence-corrected chi connectivity index (χ4v) is 3.34. The van der Waals surface area contributed by atoms with Gasteiger partial charge in [-0.15, -0.1) is 11.3 Å². The summed E-state index contributed by atoms with van der Waals surface area (Å²) in [5.41, 5.74) is 0.936. The highest BCUT2D eigenvalue weighted by atomic mass is 35.5. The maximum Gasteiger partial charge on any atom is 0.204 e. The van der Waals surface area contributed by atoms with Crippen molar-refractivity contribution in [1.82, 2.24) is 15.1 Å². The Balaban J connectivity index is 1.71. The van der Waals surface area contributed by atoms with Crippen molar-refractivity contribution >= 4 is 39.0 Å². The number of hydrogen-bond acceptors (Lipinski definition) is 6. The average molecular weight is 361 g/mol. The van der Waals surface area contributed by atoms with Gasteiger partial charge in [0.05, 0.1) is 15.9 Å². The van der Waals surface area contributed by atoms with Crippen LogP contribution >= 0.6 is 22.9 Å². The molecule has 1 N–H and O–H groups in total. The van der Waals surface area contributed by atoms with Gasteiger partial charge in [-0.05, 0) is 23.8 Å². The van der Waals surface area contributed by atoms with Crippen molar-refractivity contribution in [2.45, 2.75) is 6.54 Å². The van der Waals surface area contributed by atoms with Crippen molar-refractivity contribution in [1.29, 1.82) is 0 Å². The third-order valence-electron chi connectivity index (χ3n) is 3.39. The topological polar surface area (TPSA) is 63.8 Å². The van der Waals surface area contributed by atoms with Crippen LogP contribution in [0, 0.1) is 5.82 Å². The van der Waals surface area contributed by atoms with E-state index in [1.807, 2.05) is 6.07 Å². The molecular weight excluding hydrogens is 351 g/mol. The van der Waals surface area contributed by atoms with Gasteiger partial charge in [-0.3, -0.25) is 0 Å². The molecule has 120 valence electrons. The molecule has 0 unspecified atom stereocenters. The maximum atomic E-state index is 13.0. The van der Waals surface area contributed by atoms with Crippen LogP contribution in [0.5, 0.6) is 0 Å². The lowest BCUT2D eigenvalue weighted by Gasteiger charge is -2.08. The monoisotopic (exact) mass is 360 g/mol. The van der Waals surface area contributed by atoms with Gasteiger partial charge in [0, 0.05) is 12.6 Å². The second kappa shape index (κ2) is 6.18. The molecule has 0 aliphatic carbocycles. The van der Waals surface area contributed by atoms with Gasteiger partial charge in [0.15, 0.2) is 0 Å². The summed E-state index contributed by atoms with van der Waals surface area (Å²) in [6, 6.07) is 9.80. The molecule has 0 fully saturated rings. The number of nitrogens with one attached hydrogen (secondary N) is 1. The van der Waals surface area contributed by atoms with Crippen LogP contribution in [0.3, 0.4) is 0 Å². The molecule has 0 atom stereocenters. The maximum absolute atomic E-state index is 13.0. The van der Waals surface area contributed by atoms with E-state index in [-0.39, 0.29) is 5.82 Å². The predicted octanol–water partition coefficient (Wildman–Crippen LogP) is 4.75. The first-order chi connectivity index (χ1) is 11.7. The van der Waals surface area contributed by atoms with Crippen molar-refractivity contribution < 1.29 is 8.91 Å². The number of hydrogen-bond donors (Lipinski definition) is 1. The van der Waals surface area contributed by atoms with Crippen LogP contribution in [0.4, 0.5) is 10.2 Å². The smallest absolute Gasteiger partial charge is 0.204 e. The molecule has 3 aromatic heterocycles. The summed E-state index contributed by atoms with van der Waals surface area (Å²) in [5, 5.41) is 7.76. The molecule has 0 saturated carbocycles. The first kappa shape index (κ1) is 15.0. The largest absolute Gasteiger partial charge is 0.365 e. The van der Waals surface area contributed by atoms with Gasteiger partial charge in [0.1, 0.15) is 16.5 Å². The van der Waals surface area contributed by atoms with Crippen LogP contribution in [-0.2, 0) is 6.54 Å². The Morgan fingerprint density at radius 2 is 2.00 bits per heavy atom. The third-order valence-corrected chi connectivity index (χ3v) is 4.55. The molecule has 24 heavy (non-hydrogen) atoms. The third kappa shape index (κ3) is 2.95. The molecule has 1 aromatic carbocycles. The fourth-order valence-electron chi connectivity index (χ4n) is 2.26. The highest BCUT2D eigenvalue weighted by Gasteiger charge is 2.14. The van der Waals surface area contributed by atoms with Crippen molar-refractivity contribution in [2.75, 3.05) is 5.32 Å². The Labute approximate surface area is 145 Å². The molecule has 3 heterocycles. The molecule has 0 aliphatic heterocycles. The zero-order chi connectivity index (χ0) is 16.5. The Hall–Kier alpha value is -2.51. The zero-order valence-electron chi connectivity index (χ0n) is 12.2. The summed E-state index contributed by atoms with van der Waals surface area (Å²) >= 11 is 7.48. The molecule has 0 amide bonds. The normalized spacial score (nSPS) is 11.1. The van der Waals surface area contributed by atoms with E-state index in [1.54, 1.807) is 18.2 Å². The molecule has 0 aliphatic rings. The Bertz CT molecular complexity index is 985. The van der Waals surface area contributed by atoms with Gasteiger partial charge in [-0.1, -0.05) is 28.9 Å². The number of benzene rings is 1. The van der Waals surface area contributed by atoms with E-state index in [4.69, 9.17) is 16.1 Å². The highest BCUT2D eigenvalue weighted by molar-refractivity contribution is 7.22. The minimum atomic E-state index is -0.264. The van der Waals surface area contributed by atoms with E-state index in [1.165, 1.54) is 29.7 Å². The summed E-state index contributed by atoms with van der Waals surface area (Å²) in [5.74, 6) is 1.28. The highest BCUT2D eigenvalue weighted by Crippen LogP contribution is 2.33. The van der Waals surface area contributed by atoms with Gasteiger partial charge in [0.2, 0.25) is 11.6 Å². The quantitative estimate of drug-likeness (QED) is 0.569. The summed E-state index contributed by atoms with van der Waals surface area (Å²) < 4.78 is 18.8. The minimum Gasteiger partial charge on any atom is -0.365 e. The standard InChI is InChI=1S/C16H10ClFN4OS/c17-13-7-11-14(19-8-9-1-3-10(18)4-2-9)21-15(22-16(11)24-13)12-5-6-20-23-12/h1-7H,8H2,(H,19,21,22). The van der Waals surface area contributed by atoms with E-state index < -0.39 is 0 Å². The molecule has 5 nitrogen and oxygen atoms in total. The molecule has 0 bridgehead atoms. The van der Waals surface area contributed by atoms with Crippen LogP contribution in [0.2, 0.25) is 4.34 Å². The molecule has 0 spiro atoms. The lowest BCUT2D eigenvalue weighted by atomic mass is 10.2. The zero-order valence-corrected chi connectivity index (χ0v) is 13.7. The van der Waals surface area contributed by atoms with Crippen molar-refractivity contribution in [2.24, 2.45) is 0 Å². The number of fused-ring (bicyclic) bond motifs is 1. The molecule has 4 aromatic rings. The number of rotatable bonds is 4. The van der Waals surface area contributed by atoms with Gasteiger partial charge < -0.3 is 9.84 Å². The summed E-state index contributed by atoms with van der Waals surface area (Å²) in [7, 11) is 0. The van der Waals surface area contributed by atoms with Crippen molar-refractivity contribution in [3.8, 4) is 11.6 Å². The second-order valence-electron chi connectivity index (χ2n) is 5.02. The van der Waals surface area contributed by atoms with E-state index in [2.05, 4.69) is 20.4 Å². The minimum absolute atomic E-state index is 0.264. The SMILES string of the molecule is Fc1ccc(CNc2nc(-c3ccno3)nc3sc(Cl)cc23)cc1. The van der Waals surface area contributed by atoms with E-state index >= 15 is 0 Å². The predicted molar refractivity (Wildman–Crippen MR) is 91.6 cm³/mol. The summed E-state index contributed by atoms with van der Waals surface area (Å²) in [6.45, 7) is 0.496.